The molecule has 0 fully saturated rings. The molecule has 0 radical (unpaired) electrons. The zero-order valence-electron chi connectivity index (χ0n) is 10.9. The number of guanidine groups is 1. The van der Waals surface area contributed by atoms with Crippen LogP contribution in [0.25, 0.3) is 0 Å². The maximum absolute atomic E-state index is 6.13. The lowest BCUT2D eigenvalue weighted by Gasteiger charge is -2.12. The monoisotopic (exact) mass is 461 g/mol. The number of halogens is 3. The summed E-state index contributed by atoms with van der Waals surface area (Å²) in [5, 5.41) is 7.05. The minimum atomic E-state index is 0. The summed E-state index contributed by atoms with van der Waals surface area (Å²) in [7, 11) is 3.39. The predicted octanol–water partition coefficient (Wildman–Crippen LogP) is 3.03. The molecule has 4 nitrogen and oxygen atoms in total. The topological polar surface area (TPSA) is 45.7 Å². The highest BCUT2D eigenvalue weighted by Crippen LogP contribution is 2.20. The molecule has 108 valence electrons. The van der Waals surface area contributed by atoms with Crippen LogP contribution in [0.1, 0.15) is 5.56 Å². The molecule has 0 aromatic heterocycles. The third kappa shape index (κ3) is 7.34. The van der Waals surface area contributed by atoms with E-state index in [2.05, 4.69) is 31.6 Å². The fraction of sp³-hybridized carbons (Fsp3) is 0.417. The minimum absolute atomic E-state index is 0. The zero-order valence-corrected chi connectivity index (χ0v) is 15.5. The fourth-order valence-electron chi connectivity index (χ4n) is 1.34. The van der Waals surface area contributed by atoms with E-state index in [-0.39, 0.29) is 24.0 Å². The SMILES string of the molecule is CN=C(NCCOC)NCc1ccc(Br)cc1Cl.I. The van der Waals surface area contributed by atoms with Crippen molar-refractivity contribution in [1.29, 1.82) is 0 Å². The van der Waals surface area contributed by atoms with Crippen molar-refractivity contribution in [2.75, 3.05) is 27.3 Å². The average molecular weight is 463 g/mol. The highest BCUT2D eigenvalue weighted by Gasteiger charge is 2.02. The van der Waals surface area contributed by atoms with Crippen molar-refractivity contribution in [3.63, 3.8) is 0 Å². The van der Waals surface area contributed by atoms with Crippen molar-refractivity contribution < 1.29 is 4.74 Å². The average Bonchev–Trinajstić information content (AvgIpc) is 2.35. The van der Waals surface area contributed by atoms with E-state index >= 15 is 0 Å². The molecule has 0 bridgehead atoms. The Morgan fingerprint density at radius 3 is 2.74 bits per heavy atom. The quantitative estimate of drug-likeness (QED) is 0.306. The van der Waals surface area contributed by atoms with Gasteiger partial charge in [-0.15, -0.1) is 24.0 Å². The molecule has 1 aromatic rings. The van der Waals surface area contributed by atoms with Gasteiger partial charge in [-0.05, 0) is 17.7 Å². The van der Waals surface area contributed by atoms with Gasteiger partial charge in [0.25, 0.3) is 0 Å². The van der Waals surface area contributed by atoms with E-state index in [1.807, 2.05) is 18.2 Å². The normalized spacial score (nSPS) is 10.8. The Balaban J connectivity index is 0.00000324. The number of ether oxygens (including phenoxy) is 1. The van der Waals surface area contributed by atoms with Gasteiger partial charge in [0.05, 0.1) is 6.61 Å². The molecule has 0 heterocycles. The Labute approximate surface area is 144 Å². The van der Waals surface area contributed by atoms with E-state index < -0.39 is 0 Å². The number of hydrogen-bond donors (Lipinski definition) is 2. The molecular formula is C12H18BrClIN3O. The lowest BCUT2D eigenvalue weighted by Crippen LogP contribution is -2.38. The van der Waals surface area contributed by atoms with E-state index in [0.717, 1.165) is 21.0 Å². The van der Waals surface area contributed by atoms with Crippen LogP contribution >= 0.6 is 51.5 Å². The van der Waals surface area contributed by atoms with Crippen LogP contribution in [0, 0.1) is 0 Å². The number of nitrogens with zero attached hydrogens (tertiary/aromatic N) is 1. The highest BCUT2D eigenvalue weighted by atomic mass is 127. The van der Waals surface area contributed by atoms with Gasteiger partial charge in [-0.2, -0.15) is 0 Å². The molecule has 2 N–H and O–H groups in total. The number of rotatable bonds is 5. The van der Waals surface area contributed by atoms with Crippen LogP contribution in [0.3, 0.4) is 0 Å². The van der Waals surface area contributed by atoms with Gasteiger partial charge in [0.2, 0.25) is 0 Å². The van der Waals surface area contributed by atoms with Crippen molar-refractivity contribution in [3.05, 3.63) is 33.3 Å². The summed E-state index contributed by atoms with van der Waals surface area (Å²) in [5.74, 6) is 0.728. The first-order valence-corrected chi connectivity index (χ1v) is 6.72. The van der Waals surface area contributed by atoms with Gasteiger partial charge in [0, 0.05) is 36.7 Å². The van der Waals surface area contributed by atoms with Crippen LogP contribution in [0.5, 0.6) is 0 Å². The number of hydrogen-bond acceptors (Lipinski definition) is 2. The molecule has 19 heavy (non-hydrogen) atoms. The second kappa shape index (κ2) is 10.7. The van der Waals surface area contributed by atoms with Crippen molar-refractivity contribution in [1.82, 2.24) is 10.6 Å². The van der Waals surface area contributed by atoms with Gasteiger partial charge in [-0.1, -0.05) is 33.6 Å². The second-order valence-electron chi connectivity index (χ2n) is 3.58. The Morgan fingerprint density at radius 1 is 1.42 bits per heavy atom. The maximum Gasteiger partial charge on any atom is 0.191 e. The Hall–Kier alpha value is -0.0500. The molecular weight excluding hydrogens is 444 g/mol. The van der Waals surface area contributed by atoms with Gasteiger partial charge >= 0.3 is 0 Å². The summed E-state index contributed by atoms with van der Waals surface area (Å²) < 4.78 is 5.93. The molecule has 0 atom stereocenters. The molecule has 0 unspecified atom stereocenters. The van der Waals surface area contributed by atoms with Gasteiger partial charge in [0.1, 0.15) is 0 Å². The van der Waals surface area contributed by atoms with E-state index in [0.29, 0.717) is 19.7 Å². The van der Waals surface area contributed by atoms with Crippen molar-refractivity contribution in [3.8, 4) is 0 Å². The Bertz CT molecular complexity index is 418. The first-order chi connectivity index (χ1) is 8.67. The highest BCUT2D eigenvalue weighted by molar-refractivity contribution is 14.0. The van der Waals surface area contributed by atoms with Gasteiger partial charge in [-0.25, -0.2) is 0 Å². The summed E-state index contributed by atoms with van der Waals surface area (Å²) in [5.41, 5.74) is 1.02. The van der Waals surface area contributed by atoms with E-state index in [4.69, 9.17) is 16.3 Å². The molecule has 0 saturated heterocycles. The molecule has 0 spiro atoms. The van der Waals surface area contributed by atoms with Crippen LogP contribution in [0.2, 0.25) is 5.02 Å². The number of aliphatic imine (C=N–C) groups is 1. The molecule has 7 heteroatoms. The van der Waals surface area contributed by atoms with Crippen LogP contribution in [0.15, 0.2) is 27.7 Å². The predicted molar refractivity (Wildman–Crippen MR) is 94.6 cm³/mol. The maximum atomic E-state index is 6.13. The summed E-state index contributed by atoms with van der Waals surface area (Å²) >= 11 is 9.51. The fourth-order valence-corrected chi connectivity index (χ4v) is 2.08. The molecule has 0 aliphatic rings. The van der Waals surface area contributed by atoms with Gasteiger partial charge in [0.15, 0.2) is 5.96 Å². The Morgan fingerprint density at radius 2 is 2.16 bits per heavy atom. The molecule has 1 aromatic carbocycles. The second-order valence-corrected chi connectivity index (χ2v) is 4.90. The molecule has 0 saturated carbocycles. The van der Waals surface area contributed by atoms with E-state index in [1.165, 1.54) is 0 Å². The summed E-state index contributed by atoms with van der Waals surface area (Å²) in [6, 6.07) is 5.81. The van der Waals surface area contributed by atoms with Crippen LogP contribution in [0.4, 0.5) is 0 Å². The zero-order chi connectivity index (χ0) is 13.4. The van der Waals surface area contributed by atoms with Crippen molar-refractivity contribution >= 4 is 57.5 Å². The lowest BCUT2D eigenvalue weighted by atomic mass is 10.2. The largest absolute Gasteiger partial charge is 0.383 e. The molecule has 1 rings (SSSR count). The van der Waals surface area contributed by atoms with Crippen LogP contribution in [-0.2, 0) is 11.3 Å². The lowest BCUT2D eigenvalue weighted by molar-refractivity contribution is 0.203. The molecule has 0 aliphatic carbocycles. The first kappa shape index (κ1) is 18.9. The van der Waals surface area contributed by atoms with Gasteiger partial charge < -0.3 is 15.4 Å². The number of methoxy groups -OCH3 is 1. The van der Waals surface area contributed by atoms with Crippen LogP contribution in [-0.4, -0.2) is 33.3 Å². The molecule has 0 amide bonds. The first-order valence-electron chi connectivity index (χ1n) is 5.54. The number of benzene rings is 1. The summed E-state index contributed by atoms with van der Waals surface area (Å²) in [6.45, 7) is 1.97. The summed E-state index contributed by atoms with van der Waals surface area (Å²) in [4.78, 5) is 4.11. The summed E-state index contributed by atoms with van der Waals surface area (Å²) in [6.07, 6.45) is 0. The van der Waals surface area contributed by atoms with E-state index in [9.17, 15) is 0 Å². The smallest absolute Gasteiger partial charge is 0.191 e. The van der Waals surface area contributed by atoms with E-state index in [1.54, 1.807) is 14.2 Å². The van der Waals surface area contributed by atoms with Crippen molar-refractivity contribution in [2.24, 2.45) is 4.99 Å². The third-order valence-corrected chi connectivity index (χ3v) is 3.13. The number of nitrogens with one attached hydrogen (secondary N) is 2. The molecule has 0 aliphatic heterocycles. The third-order valence-electron chi connectivity index (χ3n) is 2.28. The Kier molecular flexibility index (Phi) is 10.7. The minimum Gasteiger partial charge on any atom is -0.383 e. The standard InChI is InChI=1S/C12H17BrClN3O.HI/c1-15-12(16-5-6-18-2)17-8-9-3-4-10(13)7-11(9)14;/h3-4,7H,5-6,8H2,1-2H3,(H2,15,16,17);1H. The van der Waals surface area contributed by atoms with Crippen LogP contribution < -0.4 is 10.6 Å². The van der Waals surface area contributed by atoms with Gasteiger partial charge in [-0.3, -0.25) is 4.99 Å². The van der Waals surface area contributed by atoms with Crippen molar-refractivity contribution in [2.45, 2.75) is 6.54 Å².